The first kappa shape index (κ1) is 13.8. The fourth-order valence-corrected chi connectivity index (χ4v) is 2.97. The zero-order chi connectivity index (χ0) is 15.0. The molecule has 3 rings (SSSR count). The predicted molar refractivity (Wildman–Crippen MR) is 83.7 cm³/mol. The molecule has 1 N–H and O–H groups in total. The maximum atomic E-state index is 12.1. The Balaban J connectivity index is 2.03. The van der Waals surface area contributed by atoms with Gasteiger partial charge in [0.1, 0.15) is 0 Å². The van der Waals surface area contributed by atoms with Gasteiger partial charge < -0.3 is 5.32 Å². The second-order valence-corrected chi connectivity index (χ2v) is 5.80. The number of amides is 1. The van der Waals surface area contributed by atoms with Gasteiger partial charge in [0, 0.05) is 24.0 Å². The molecule has 0 fully saturated rings. The molecule has 2 heterocycles. The molecular formula is C18H20N2O. The Labute approximate surface area is 125 Å². The van der Waals surface area contributed by atoms with Gasteiger partial charge >= 0.3 is 0 Å². The van der Waals surface area contributed by atoms with Crippen LogP contribution in [0.15, 0.2) is 24.4 Å². The van der Waals surface area contributed by atoms with E-state index in [2.05, 4.69) is 36.3 Å². The number of nitrogens with zero attached hydrogens (tertiary/aromatic N) is 1. The molecule has 3 nitrogen and oxygen atoms in total. The highest BCUT2D eigenvalue weighted by Crippen LogP contribution is 2.26. The van der Waals surface area contributed by atoms with Gasteiger partial charge in [0.15, 0.2) is 0 Å². The molecule has 1 aliphatic heterocycles. The van der Waals surface area contributed by atoms with E-state index in [0.29, 0.717) is 0 Å². The summed E-state index contributed by atoms with van der Waals surface area (Å²) >= 11 is 0. The number of hydrogen-bond donors (Lipinski definition) is 1. The first-order valence-electron chi connectivity index (χ1n) is 7.38. The van der Waals surface area contributed by atoms with E-state index in [4.69, 9.17) is 0 Å². The molecule has 3 heteroatoms. The van der Waals surface area contributed by atoms with Crippen LogP contribution in [0.2, 0.25) is 0 Å². The second kappa shape index (κ2) is 5.32. The van der Waals surface area contributed by atoms with E-state index in [-0.39, 0.29) is 5.91 Å². The molecule has 0 atom stereocenters. The van der Waals surface area contributed by atoms with Crippen LogP contribution in [0.1, 0.15) is 43.9 Å². The minimum absolute atomic E-state index is 0.0580. The van der Waals surface area contributed by atoms with Crippen LogP contribution in [0.5, 0.6) is 0 Å². The molecular weight excluding hydrogens is 260 g/mol. The van der Waals surface area contributed by atoms with E-state index in [0.717, 1.165) is 30.6 Å². The summed E-state index contributed by atoms with van der Waals surface area (Å²) in [5.41, 5.74) is 8.03. The van der Waals surface area contributed by atoms with E-state index in [9.17, 15) is 4.79 Å². The molecule has 1 aromatic carbocycles. The fourth-order valence-electron chi connectivity index (χ4n) is 2.97. The molecule has 0 saturated carbocycles. The summed E-state index contributed by atoms with van der Waals surface area (Å²) in [5.74, 6) is 0.0580. The highest BCUT2D eigenvalue weighted by Gasteiger charge is 2.21. The van der Waals surface area contributed by atoms with Crippen molar-refractivity contribution in [3.8, 4) is 0 Å². The van der Waals surface area contributed by atoms with Crippen LogP contribution in [0.4, 0.5) is 0 Å². The topological polar surface area (TPSA) is 42.0 Å². The summed E-state index contributed by atoms with van der Waals surface area (Å²) in [6, 6.07) is 6.20. The van der Waals surface area contributed by atoms with Gasteiger partial charge in [0.25, 0.3) is 5.91 Å². The van der Waals surface area contributed by atoms with Gasteiger partial charge in [0.2, 0.25) is 0 Å². The first-order valence-corrected chi connectivity index (χ1v) is 7.38. The lowest BCUT2D eigenvalue weighted by Gasteiger charge is -2.22. The maximum absolute atomic E-state index is 12.1. The average molecular weight is 280 g/mol. The standard InChI is InChI=1S/C18H20N2O/c1-11-4-5-14(10-20-11)8-15-9-17-16(13(3)12(15)2)6-7-19-18(17)21/h4-5,9-10H,6-8H2,1-3H3,(H,19,21). The number of nitrogens with one attached hydrogen (secondary N) is 1. The third-order valence-electron chi connectivity index (χ3n) is 4.41. The third kappa shape index (κ3) is 2.56. The van der Waals surface area contributed by atoms with Gasteiger partial charge in [0.05, 0.1) is 0 Å². The van der Waals surface area contributed by atoms with Gasteiger partial charge in [-0.15, -0.1) is 0 Å². The van der Waals surface area contributed by atoms with E-state index in [1.807, 2.05) is 19.2 Å². The van der Waals surface area contributed by atoms with Gasteiger partial charge in [-0.05, 0) is 73.6 Å². The van der Waals surface area contributed by atoms with Gasteiger partial charge in [-0.1, -0.05) is 6.07 Å². The predicted octanol–water partition coefficient (Wildman–Crippen LogP) is 2.88. The number of aromatic nitrogens is 1. The molecule has 0 aliphatic carbocycles. The van der Waals surface area contributed by atoms with Crippen LogP contribution in [0.3, 0.4) is 0 Å². The van der Waals surface area contributed by atoms with Crippen LogP contribution >= 0.6 is 0 Å². The van der Waals surface area contributed by atoms with Crippen LogP contribution in [-0.4, -0.2) is 17.4 Å². The molecule has 0 bridgehead atoms. The minimum atomic E-state index is 0.0580. The summed E-state index contributed by atoms with van der Waals surface area (Å²) in [5, 5.41) is 2.93. The Morgan fingerprint density at radius 2 is 2.00 bits per heavy atom. The summed E-state index contributed by atoms with van der Waals surface area (Å²) in [6.07, 6.45) is 3.67. The summed E-state index contributed by atoms with van der Waals surface area (Å²) in [4.78, 5) is 16.4. The average Bonchev–Trinajstić information content (AvgIpc) is 2.48. The number of carbonyl (C=O) groups excluding carboxylic acids is 1. The van der Waals surface area contributed by atoms with Crippen molar-refractivity contribution in [2.75, 3.05) is 6.54 Å². The molecule has 1 amide bonds. The zero-order valence-corrected chi connectivity index (χ0v) is 12.8. The van der Waals surface area contributed by atoms with Crippen molar-refractivity contribution >= 4 is 5.91 Å². The number of aryl methyl sites for hydroxylation is 1. The Bertz CT molecular complexity index is 702. The van der Waals surface area contributed by atoms with Crippen molar-refractivity contribution in [1.29, 1.82) is 0 Å². The monoisotopic (exact) mass is 280 g/mol. The highest BCUT2D eigenvalue weighted by molar-refractivity contribution is 5.97. The van der Waals surface area contributed by atoms with E-state index in [1.54, 1.807) is 0 Å². The Hall–Kier alpha value is -2.16. The summed E-state index contributed by atoms with van der Waals surface area (Å²) in [7, 11) is 0. The highest BCUT2D eigenvalue weighted by atomic mass is 16.1. The Morgan fingerprint density at radius 1 is 1.19 bits per heavy atom. The molecule has 1 aliphatic rings. The van der Waals surface area contributed by atoms with Crippen molar-refractivity contribution < 1.29 is 4.79 Å². The van der Waals surface area contributed by atoms with E-state index in [1.165, 1.54) is 27.8 Å². The molecule has 108 valence electrons. The van der Waals surface area contributed by atoms with E-state index < -0.39 is 0 Å². The van der Waals surface area contributed by atoms with Crippen molar-refractivity contribution in [1.82, 2.24) is 10.3 Å². The number of benzene rings is 1. The van der Waals surface area contributed by atoms with Crippen LogP contribution in [0, 0.1) is 20.8 Å². The van der Waals surface area contributed by atoms with Crippen LogP contribution in [-0.2, 0) is 12.8 Å². The smallest absolute Gasteiger partial charge is 0.251 e. The third-order valence-corrected chi connectivity index (χ3v) is 4.41. The molecule has 0 unspecified atom stereocenters. The summed E-state index contributed by atoms with van der Waals surface area (Å²) in [6.45, 7) is 7.01. The van der Waals surface area contributed by atoms with Crippen molar-refractivity contribution in [3.63, 3.8) is 0 Å². The quantitative estimate of drug-likeness (QED) is 0.919. The molecule has 0 spiro atoms. The minimum Gasteiger partial charge on any atom is -0.352 e. The lowest BCUT2D eigenvalue weighted by atomic mass is 9.87. The molecule has 1 aromatic heterocycles. The molecule has 2 aromatic rings. The molecule has 0 saturated heterocycles. The first-order chi connectivity index (χ1) is 10.1. The zero-order valence-electron chi connectivity index (χ0n) is 12.8. The van der Waals surface area contributed by atoms with Crippen LogP contribution in [0.25, 0.3) is 0 Å². The molecule has 0 radical (unpaired) electrons. The van der Waals surface area contributed by atoms with Gasteiger partial charge in [-0.3, -0.25) is 9.78 Å². The lowest BCUT2D eigenvalue weighted by Crippen LogP contribution is -2.32. The van der Waals surface area contributed by atoms with Crippen molar-refractivity contribution in [2.45, 2.75) is 33.6 Å². The number of pyridine rings is 1. The number of hydrogen-bond acceptors (Lipinski definition) is 2. The Kier molecular flexibility index (Phi) is 3.50. The normalized spacial score (nSPS) is 13.8. The van der Waals surface area contributed by atoms with Gasteiger partial charge in [-0.25, -0.2) is 0 Å². The Morgan fingerprint density at radius 3 is 2.71 bits per heavy atom. The van der Waals surface area contributed by atoms with Crippen molar-refractivity contribution in [2.24, 2.45) is 0 Å². The number of carbonyl (C=O) groups is 1. The van der Waals surface area contributed by atoms with Crippen LogP contribution < -0.4 is 5.32 Å². The SMILES string of the molecule is Cc1ccc(Cc2cc3c(c(C)c2C)CCNC3=O)cn1. The second-order valence-electron chi connectivity index (χ2n) is 5.80. The maximum Gasteiger partial charge on any atom is 0.251 e. The fraction of sp³-hybridized carbons (Fsp3) is 0.333. The van der Waals surface area contributed by atoms with E-state index >= 15 is 0 Å². The largest absolute Gasteiger partial charge is 0.352 e. The van der Waals surface area contributed by atoms with Crippen molar-refractivity contribution in [3.05, 3.63) is 63.5 Å². The lowest BCUT2D eigenvalue weighted by molar-refractivity contribution is 0.0945. The van der Waals surface area contributed by atoms with Gasteiger partial charge in [-0.2, -0.15) is 0 Å². The number of fused-ring (bicyclic) bond motifs is 1. The summed E-state index contributed by atoms with van der Waals surface area (Å²) < 4.78 is 0. The molecule has 21 heavy (non-hydrogen) atoms. The number of rotatable bonds is 2.